The van der Waals surface area contributed by atoms with Gasteiger partial charge in [-0.2, -0.15) is 0 Å². The minimum atomic E-state index is 0.0160. The molecule has 0 radical (unpaired) electrons. The van der Waals surface area contributed by atoms with Gasteiger partial charge >= 0.3 is 0 Å². The summed E-state index contributed by atoms with van der Waals surface area (Å²) in [6, 6.07) is 7.67. The van der Waals surface area contributed by atoms with Crippen molar-refractivity contribution in [3.63, 3.8) is 0 Å². The van der Waals surface area contributed by atoms with E-state index in [1.54, 1.807) is 12.4 Å². The summed E-state index contributed by atoms with van der Waals surface area (Å²) in [6.45, 7) is 1.42. The van der Waals surface area contributed by atoms with Gasteiger partial charge in [-0.05, 0) is 47.0 Å². The first-order chi connectivity index (χ1) is 11.7. The number of nitrogens with zero attached hydrogens (tertiary/aromatic N) is 5. The number of hydrogen-bond acceptors (Lipinski definition) is 4. The second-order valence-corrected chi connectivity index (χ2v) is 6.88. The lowest BCUT2D eigenvalue weighted by atomic mass is 9.96. The van der Waals surface area contributed by atoms with E-state index in [-0.39, 0.29) is 11.8 Å². The predicted octanol–water partition coefficient (Wildman–Crippen LogP) is 2.91. The van der Waals surface area contributed by atoms with Crippen molar-refractivity contribution in [3.8, 4) is 0 Å². The summed E-state index contributed by atoms with van der Waals surface area (Å²) >= 11 is 3.37. The molecular weight excluding hydrogens is 370 g/mol. The van der Waals surface area contributed by atoms with Crippen LogP contribution in [0.25, 0.3) is 5.65 Å². The first-order valence-electron chi connectivity index (χ1n) is 7.92. The van der Waals surface area contributed by atoms with Crippen LogP contribution in [-0.4, -0.2) is 43.5 Å². The SMILES string of the molecule is O=C(c1cncc(Br)c1)N1CCCC(c2nnc3ccccn23)C1. The second kappa shape index (κ2) is 6.32. The highest BCUT2D eigenvalue weighted by atomic mass is 79.9. The van der Waals surface area contributed by atoms with Crippen LogP contribution in [-0.2, 0) is 0 Å². The molecule has 122 valence electrons. The maximum atomic E-state index is 12.8. The van der Waals surface area contributed by atoms with Gasteiger partial charge in [-0.3, -0.25) is 14.2 Å². The van der Waals surface area contributed by atoms with E-state index in [1.165, 1.54) is 0 Å². The molecule has 3 aromatic heterocycles. The minimum Gasteiger partial charge on any atom is -0.338 e. The summed E-state index contributed by atoms with van der Waals surface area (Å²) in [5, 5.41) is 8.58. The van der Waals surface area contributed by atoms with Crippen molar-refractivity contribution in [2.45, 2.75) is 18.8 Å². The van der Waals surface area contributed by atoms with Crippen LogP contribution in [0, 0.1) is 0 Å². The van der Waals surface area contributed by atoms with Crippen molar-refractivity contribution >= 4 is 27.5 Å². The molecule has 7 heteroatoms. The minimum absolute atomic E-state index is 0.0160. The van der Waals surface area contributed by atoms with Crippen LogP contribution in [0.1, 0.15) is 34.9 Å². The number of aromatic nitrogens is 4. The maximum absolute atomic E-state index is 12.8. The molecule has 1 aliphatic heterocycles. The van der Waals surface area contributed by atoms with Gasteiger partial charge in [0, 0.05) is 42.1 Å². The van der Waals surface area contributed by atoms with Crippen LogP contribution in [0.3, 0.4) is 0 Å². The fourth-order valence-corrected chi connectivity index (χ4v) is 3.59. The van der Waals surface area contributed by atoms with Gasteiger partial charge in [0.25, 0.3) is 5.91 Å². The number of pyridine rings is 2. The number of fused-ring (bicyclic) bond motifs is 1. The van der Waals surface area contributed by atoms with Crippen LogP contribution in [0.15, 0.2) is 47.3 Å². The normalized spacial score (nSPS) is 18.0. The van der Waals surface area contributed by atoms with Crippen LogP contribution in [0.2, 0.25) is 0 Å². The average molecular weight is 386 g/mol. The van der Waals surface area contributed by atoms with Crippen LogP contribution >= 0.6 is 15.9 Å². The Morgan fingerprint density at radius 2 is 2.17 bits per heavy atom. The van der Waals surface area contributed by atoms with E-state index in [0.29, 0.717) is 12.1 Å². The molecule has 1 atom stereocenters. The molecular formula is C17H16BrN5O. The lowest BCUT2D eigenvalue weighted by molar-refractivity contribution is 0.0703. The van der Waals surface area contributed by atoms with E-state index in [1.807, 2.05) is 39.8 Å². The van der Waals surface area contributed by atoms with Gasteiger partial charge in [-0.25, -0.2) is 0 Å². The zero-order chi connectivity index (χ0) is 16.5. The van der Waals surface area contributed by atoms with Gasteiger partial charge in [-0.1, -0.05) is 6.07 Å². The Kier molecular flexibility index (Phi) is 4.02. The molecule has 4 heterocycles. The highest BCUT2D eigenvalue weighted by Crippen LogP contribution is 2.27. The topological polar surface area (TPSA) is 63.4 Å². The smallest absolute Gasteiger partial charge is 0.255 e. The molecule has 0 saturated carbocycles. The van der Waals surface area contributed by atoms with Gasteiger partial charge < -0.3 is 4.90 Å². The molecule has 0 bridgehead atoms. The predicted molar refractivity (Wildman–Crippen MR) is 92.8 cm³/mol. The van der Waals surface area contributed by atoms with Crippen molar-refractivity contribution in [1.29, 1.82) is 0 Å². The summed E-state index contributed by atoms with van der Waals surface area (Å²) in [7, 11) is 0. The van der Waals surface area contributed by atoms with Gasteiger partial charge in [-0.15, -0.1) is 10.2 Å². The molecule has 0 N–H and O–H groups in total. The summed E-state index contributed by atoms with van der Waals surface area (Å²) in [4.78, 5) is 18.7. The molecule has 1 saturated heterocycles. The third-order valence-corrected chi connectivity index (χ3v) is 4.80. The Hall–Kier alpha value is -2.28. The van der Waals surface area contributed by atoms with Crippen LogP contribution in [0.4, 0.5) is 0 Å². The van der Waals surface area contributed by atoms with Crippen molar-refractivity contribution in [2.75, 3.05) is 13.1 Å². The van der Waals surface area contributed by atoms with Gasteiger partial charge in [0.05, 0.1) is 5.56 Å². The molecule has 0 aromatic carbocycles. The zero-order valence-electron chi connectivity index (χ0n) is 13.0. The summed E-state index contributed by atoms with van der Waals surface area (Å²) in [5.41, 5.74) is 1.45. The van der Waals surface area contributed by atoms with Crippen LogP contribution < -0.4 is 0 Å². The van der Waals surface area contributed by atoms with Crippen molar-refractivity contribution in [2.24, 2.45) is 0 Å². The monoisotopic (exact) mass is 385 g/mol. The number of amides is 1. The Morgan fingerprint density at radius 1 is 1.25 bits per heavy atom. The third kappa shape index (κ3) is 2.80. The Bertz CT molecular complexity index is 893. The van der Waals surface area contributed by atoms with Gasteiger partial charge in [0.1, 0.15) is 5.82 Å². The maximum Gasteiger partial charge on any atom is 0.255 e. The Labute approximate surface area is 147 Å². The molecule has 6 nitrogen and oxygen atoms in total. The molecule has 3 aromatic rings. The molecule has 1 unspecified atom stereocenters. The molecule has 0 aliphatic carbocycles. The first kappa shape index (κ1) is 15.3. The molecule has 0 spiro atoms. The largest absolute Gasteiger partial charge is 0.338 e. The Balaban J connectivity index is 1.59. The van der Waals surface area contributed by atoms with E-state index < -0.39 is 0 Å². The fraction of sp³-hybridized carbons (Fsp3) is 0.294. The summed E-state index contributed by atoms with van der Waals surface area (Å²) < 4.78 is 2.82. The molecule has 1 fully saturated rings. The van der Waals surface area contributed by atoms with E-state index in [4.69, 9.17) is 0 Å². The third-order valence-electron chi connectivity index (χ3n) is 4.37. The average Bonchev–Trinajstić information content (AvgIpc) is 3.05. The first-order valence-corrected chi connectivity index (χ1v) is 8.71. The molecule has 24 heavy (non-hydrogen) atoms. The second-order valence-electron chi connectivity index (χ2n) is 5.97. The number of likely N-dealkylation sites (tertiary alicyclic amines) is 1. The lowest BCUT2D eigenvalue weighted by Gasteiger charge is -2.32. The number of hydrogen-bond donors (Lipinski definition) is 0. The van der Waals surface area contributed by atoms with Gasteiger partial charge in [0.15, 0.2) is 5.65 Å². The van der Waals surface area contributed by atoms with E-state index >= 15 is 0 Å². The molecule has 4 rings (SSSR count). The zero-order valence-corrected chi connectivity index (χ0v) is 14.6. The van der Waals surface area contributed by atoms with Gasteiger partial charge in [0.2, 0.25) is 0 Å². The number of carbonyl (C=O) groups is 1. The summed E-state index contributed by atoms with van der Waals surface area (Å²) in [6.07, 6.45) is 7.24. The highest BCUT2D eigenvalue weighted by molar-refractivity contribution is 9.10. The fourth-order valence-electron chi connectivity index (χ4n) is 3.22. The van der Waals surface area contributed by atoms with Crippen molar-refractivity contribution in [3.05, 3.63) is 58.7 Å². The number of halogens is 1. The molecule has 1 amide bonds. The number of rotatable bonds is 2. The summed E-state index contributed by atoms with van der Waals surface area (Å²) in [5.74, 6) is 1.14. The van der Waals surface area contributed by atoms with E-state index in [9.17, 15) is 4.79 Å². The van der Waals surface area contributed by atoms with Crippen molar-refractivity contribution < 1.29 is 4.79 Å². The standard InChI is InChI=1S/C17H16BrN5O/c18-14-8-13(9-19-10-14)17(24)22-6-3-4-12(11-22)16-21-20-15-5-1-2-7-23(15)16/h1-2,5,7-10,12H,3-4,6,11H2. The van der Waals surface area contributed by atoms with Crippen LogP contribution in [0.5, 0.6) is 0 Å². The van der Waals surface area contributed by atoms with Crippen molar-refractivity contribution in [1.82, 2.24) is 24.5 Å². The van der Waals surface area contributed by atoms with E-state index in [2.05, 4.69) is 31.1 Å². The van der Waals surface area contributed by atoms with E-state index in [0.717, 1.165) is 35.3 Å². The highest BCUT2D eigenvalue weighted by Gasteiger charge is 2.28. The lowest BCUT2D eigenvalue weighted by Crippen LogP contribution is -2.39. The number of piperidine rings is 1. The number of carbonyl (C=O) groups excluding carboxylic acids is 1. The Morgan fingerprint density at radius 3 is 3.04 bits per heavy atom. The molecule has 1 aliphatic rings. The quantitative estimate of drug-likeness (QED) is 0.680.